The van der Waals surface area contributed by atoms with Crippen LogP contribution in [0.3, 0.4) is 0 Å². The van der Waals surface area contributed by atoms with Crippen molar-refractivity contribution in [3.63, 3.8) is 0 Å². The summed E-state index contributed by atoms with van der Waals surface area (Å²) in [5.74, 6) is 0.365. The molecule has 0 aliphatic carbocycles. The van der Waals surface area contributed by atoms with E-state index in [-0.39, 0.29) is 18.8 Å². The Morgan fingerprint density at radius 3 is 2.46 bits per heavy atom. The Morgan fingerprint density at radius 1 is 1.25 bits per heavy atom. The van der Waals surface area contributed by atoms with Gasteiger partial charge in [0.2, 0.25) is 0 Å². The summed E-state index contributed by atoms with van der Waals surface area (Å²) in [6.07, 6.45) is 5.48. The Bertz CT molecular complexity index is 642. The highest BCUT2D eigenvalue weighted by atomic mass is 35.5. The van der Waals surface area contributed by atoms with Crippen molar-refractivity contribution in [2.75, 3.05) is 19.7 Å². The topological polar surface area (TPSA) is 82.4 Å². The second-order valence-electron chi connectivity index (χ2n) is 4.79. The summed E-state index contributed by atoms with van der Waals surface area (Å²) >= 11 is 18.0. The Kier molecular flexibility index (Phi) is 8.35. The highest BCUT2D eigenvalue weighted by Gasteiger charge is 2.15. The van der Waals surface area contributed by atoms with E-state index < -0.39 is 0 Å². The van der Waals surface area contributed by atoms with Gasteiger partial charge in [-0.25, -0.2) is 9.78 Å². The fourth-order valence-corrected chi connectivity index (χ4v) is 2.96. The zero-order valence-electron chi connectivity index (χ0n) is 13.2. The van der Waals surface area contributed by atoms with E-state index in [9.17, 15) is 4.79 Å². The van der Waals surface area contributed by atoms with Crippen LogP contribution in [0.2, 0.25) is 15.1 Å². The van der Waals surface area contributed by atoms with Crippen LogP contribution in [-0.2, 0) is 0 Å². The van der Waals surface area contributed by atoms with Crippen LogP contribution in [0.1, 0.15) is 13.3 Å². The lowest BCUT2D eigenvalue weighted by Gasteiger charge is -2.22. The molecule has 1 aromatic carbocycles. The van der Waals surface area contributed by atoms with E-state index in [4.69, 9.17) is 39.5 Å². The molecular weight excluding hydrogens is 375 g/mol. The first-order chi connectivity index (χ1) is 11.0. The molecule has 9 heteroatoms. The van der Waals surface area contributed by atoms with Crippen molar-refractivity contribution >= 4 is 40.8 Å². The normalized spacial score (nSPS) is 10.2. The van der Waals surface area contributed by atoms with Gasteiger partial charge in [-0.1, -0.05) is 41.7 Å². The van der Waals surface area contributed by atoms with Crippen LogP contribution in [0.25, 0.3) is 0 Å². The van der Waals surface area contributed by atoms with Gasteiger partial charge in [-0.3, -0.25) is 4.57 Å². The van der Waals surface area contributed by atoms with Gasteiger partial charge >= 0.3 is 6.03 Å². The summed E-state index contributed by atoms with van der Waals surface area (Å²) in [5.41, 5.74) is 0. The molecule has 0 aliphatic heterocycles. The average molecular weight is 394 g/mol. The van der Waals surface area contributed by atoms with Gasteiger partial charge in [0, 0.05) is 24.0 Å². The van der Waals surface area contributed by atoms with Crippen LogP contribution in [0.15, 0.2) is 30.9 Å². The van der Waals surface area contributed by atoms with E-state index in [0.29, 0.717) is 33.9 Å². The van der Waals surface area contributed by atoms with Gasteiger partial charge in [0.25, 0.3) is 0 Å². The summed E-state index contributed by atoms with van der Waals surface area (Å²) in [5, 5.41) is 1.12. The fraction of sp³-hybridized carbons (Fsp3) is 0.333. The third-order valence-corrected chi connectivity index (χ3v) is 3.84. The number of amides is 1. The lowest BCUT2D eigenvalue weighted by Crippen LogP contribution is -2.37. The van der Waals surface area contributed by atoms with E-state index in [1.807, 2.05) is 6.92 Å². The summed E-state index contributed by atoms with van der Waals surface area (Å²) in [4.78, 5) is 17.9. The van der Waals surface area contributed by atoms with E-state index in [2.05, 4.69) is 4.98 Å². The molecule has 0 fully saturated rings. The number of ether oxygens (including phenoxy) is 1. The summed E-state index contributed by atoms with van der Waals surface area (Å²) in [6.45, 7) is 3.28. The number of rotatable bonds is 6. The molecule has 0 aliphatic rings. The summed E-state index contributed by atoms with van der Waals surface area (Å²) in [6, 6.07) is 2.97. The number of nitrogens with zero attached hydrogens (tertiary/aromatic N) is 3. The lowest BCUT2D eigenvalue weighted by molar-refractivity contribution is 0.184. The van der Waals surface area contributed by atoms with Gasteiger partial charge in [0.15, 0.2) is 5.75 Å². The smallest absolute Gasteiger partial charge is 0.329 e. The minimum absolute atomic E-state index is 0. The van der Waals surface area contributed by atoms with Crippen LogP contribution in [0.4, 0.5) is 4.79 Å². The Morgan fingerprint density at radius 2 is 1.92 bits per heavy atom. The molecular formula is C15H19Cl3N4O2. The summed E-state index contributed by atoms with van der Waals surface area (Å²) in [7, 11) is 0. The van der Waals surface area contributed by atoms with Gasteiger partial charge in [0.1, 0.15) is 12.9 Å². The van der Waals surface area contributed by atoms with Crippen molar-refractivity contribution in [2.45, 2.75) is 13.3 Å². The Hall–Kier alpha value is -1.47. The molecule has 132 valence electrons. The van der Waals surface area contributed by atoms with Crippen molar-refractivity contribution < 1.29 is 9.53 Å². The zero-order valence-corrected chi connectivity index (χ0v) is 15.5. The van der Waals surface area contributed by atoms with Crippen molar-refractivity contribution in [3.8, 4) is 5.75 Å². The maximum atomic E-state index is 12.3. The van der Waals surface area contributed by atoms with Crippen LogP contribution in [0.5, 0.6) is 5.75 Å². The number of hydrogen-bond donors (Lipinski definition) is 1. The van der Waals surface area contributed by atoms with Gasteiger partial charge in [0.05, 0.1) is 16.6 Å². The van der Waals surface area contributed by atoms with Gasteiger partial charge in [-0.15, -0.1) is 0 Å². The molecule has 0 unspecified atom stereocenters. The molecule has 0 bridgehead atoms. The number of aromatic nitrogens is 2. The van der Waals surface area contributed by atoms with Gasteiger partial charge < -0.3 is 15.8 Å². The molecule has 3 N–H and O–H groups in total. The third kappa shape index (κ3) is 5.27. The molecule has 0 saturated carbocycles. The molecule has 0 radical (unpaired) electrons. The Balaban J connectivity index is 0.00000288. The van der Waals surface area contributed by atoms with Crippen LogP contribution >= 0.6 is 34.8 Å². The number of hydrogen-bond acceptors (Lipinski definition) is 4. The lowest BCUT2D eigenvalue weighted by atomic mass is 10.3. The Labute approximate surface area is 155 Å². The van der Waals surface area contributed by atoms with Crippen molar-refractivity contribution in [2.24, 2.45) is 0 Å². The quantitative estimate of drug-likeness (QED) is 0.766. The molecule has 0 saturated heterocycles. The van der Waals surface area contributed by atoms with Crippen LogP contribution < -0.4 is 10.9 Å². The second-order valence-corrected chi connectivity index (χ2v) is 6.04. The average Bonchev–Trinajstić information content (AvgIpc) is 3.02. The molecule has 0 spiro atoms. The summed E-state index contributed by atoms with van der Waals surface area (Å²) < 4.78 is 7.05. The number of benzene rings is 1. The minimum Gasteiger partial charge on any atom is -0.489 e. The van der Waals surface area contributed by atoms with Crippen LogP contribution in [-0.4, -0.2) is 40.2 Å². The number of imidazole rings is 1. The molecule has 1 heterocycles. The van der Waals surface area contributed by atoms with E-state index in [1.54, 1.807) is 29.4 Å². The minimum atomic E-state index is -0.152. The molecule has 6 nitrogen and oxygen atoms in total. The highest BCUT2D eigenvalue weighted by molar-refractivity contribution is 6.40. The van der Waals surface area contributed by atoms with Crippen molar-refractivity contribution in [3.05, 3.63) is 45.9 Å². The van der Waals surface area contributed by atoms with Gasteiger partial charge in [-0.05, 0) is 18.6 Å². The molecule has 2 rings (SSSR count). The number of carbonyl (C=O) groups excluding carboxylic acids is 1. The molecule has 1 amide bonds. The molecule has 2 aromatic rings. The standard InChI is InChI=1S/C15H16Cl3N3O2.H3N/c1-2-4-20(15(22)21-5-3-19-10-21)6-7-23-14-12(17)8-11(16)9-13(14)18;/h3,5,8-10H,2,4,6-7H2,1H3;1H3. The van der Waals surface area contributed by atoms with E-state index in [1.165, 1.54) is 10.9 Å². The predicted octanol–water partition coefficient (Wildman–Crippen LogP) is 4.76. The first-order valence-electron chi connectivity index (χ1n) is 7.07. The van der Waals surface area contributed by atoms with Crippen LogP contribution in [0, 0.1) is 0 Å². The second kappa shape index (κ2) is 9.74. The van der Waals surface area contributed by atoms with Crippen molar-refractivity contribution in [1.29, 1.82) is 0 Å². The fourth-order valence-electron chi connectivity index (χ4n) is 2.03. The van der Waals surface area contributed by atoms with E-state index in [0.717, 1.165) is 6.42 Å². The molecule has 0 atom stereocenters. The zero-order chi connectivity index (χ0) is 16.8. The first-order valence-corrected chi connectivity index (χ1v) is 8.21. The monoisotopic (exact) mass is 392 g/mol. The SMILES string of the molecule is CCCN(CCOc1c(Cl)cc(Cl)cc1Cl)C(=O)n1ccnc1.N. The maximum Gasteiger partial charge on any atom is 0.329 e. The van der Waals surface area contributed by atoms with Gasteiger partial charge in [-0.2, -0.15) is 0 Å². The largest absolute Gasteiger partial charge is 0.489 e. The van der Waals surface area contributed by atoms with E-state index >= 15 is 0 Å². The number of halogens is 3. The highest BCUT2D eigenvalue weighted by Crippen LogP contribution is 2.35. The maximum absolute atomic E-state index is 12.3. The van der Waals surface area contributed by atoms with Crippen molar-refractivity contribution in [1.82, 2.24) is 20.6 Å². The molecule has 24 heavy (non-hydrogen) atoms. The predicted molar refractivity (Wildman–Crippen MR) is 96.9 cm³/mol. The third-order valence-electron chi connectivity index (χ3n) is 3.06. The number of carbonyl (C=O) groups is 1. The first kappa shape index (κ1) is 20.6. The molecule has 1 aromatic heterocycles.